The van der Waals surface area contributed by atoms with Crippen LogP contribution in [0.25, 0.3) is 0 Å². The molecular weight excluding hydrogens is 314 g/mol. The summed E-state index contributed by atoms with van der Waals surface area (Å²) in [6.45, 7) is 6.50. The van der Waals surface area contributed by atoms with E-state index < -0.39 is 16.0 Å². The Bertz CT molecular complexity index is 565. The van der Waals surface area contributed by atoms with Crippen molar-refractivity contribution in [3.63, 3.8) is 0 Å². The normalized spacial score (nSPS) is 13.5. The number of thiophene rings is 1. The van der Waals surface area contributed by atoms with Crippen LogP contribution in [0.15, 0.2) is 16.3 Å². The maximum atomic E-state index is 12.3. The van der Waals surface area contributed by atoms with Gasteiger partial charge >= 0.3 is 5.97 Å². The first-order valence-electron chi connectivity index (χ1n) is 6.66. The van der Waals surface area contributed by atoms with Gasteiger partial charge < -0.3 is 9.84 Å². The van der Waals surface area contributed by atoms with Crippen LogP contribution in [-0.4, -0.2) is 38.7 Å². The largest absolute Gasteiger partial charge is 0.481 e. The highest BCUT2D eigenvalue weighted by Gasteiger charge is 2.24. The van der Waals surface area contributed by atoms with Gasteiger partial charge in [0.25, 0.3) is 0 Å². The van der Waals surface area contributed by atoms with Crippen LogP contribution in [-0.2, 0) is 26.0 Å². The molecule has 1 rings (SSSR count). The fourth-order valence-corrected chi connectivity index (χ4v) is 4.34. The zero-order chi connectivity index (χ0) is 16.0. The summed E-state index contributed by atoms with van der Waals surface area (Å²) in [6.07, 6.45) is -0.174. The predicted octanol–water partition coefficient (Wildman–Crippen LogP) is 1.71. The first-order chi connectivity index (χ1) is 9.76. The van der Waals surface area contributed by atoms with Crippen LogP contribution in [0.2, 0.25) is 0 Å². The van der Waals surface area contributed by atoms with Crippen molar-refractivity contribution < 1.29 is 23.1 Å². The van der Waals surface area contributed by atoms with Gasteiger partial charge in [-0.3, -0.25) is 4.79 Å². The van der Waals surface area contributed by atoms with Crippen molar-refractivity contribution >= 4 is 27.3 Å². The predicted molar refractivity (Wildman–Crippen MR) is 81.1 cm³/mol. The summed E-state index contributed by atoms with van der Waals surface area (Å²) < 4.78 is 32.7. The first-order valence-corrected chi connectivity index (χ1v) is 8.96. The average Bonchev–Trinajstić information content (AvgIpc) is 2.82. The molecule has 1 aromatic heterocycles. The van der Waals surface area contributed by atoms with Gasteiger partial charge in [-0.15, -0.1) is 11.3 Å². The summed E-state index contributed by atoms with van der Waals surface area (Å²) >= 11 is 0.974. The third-order valence-electron chi connectivity index (χ3n) is 2.84. The molecular formula is C13H21NO5S2. The second kappa shape index (κ2) is 7.88. The van der Waals surface area contributed by atoms with Crippen LogP contribution in [0.3, 0.4) is 0 Å². The SMILES string of the molecule is CCOCC(NS(=O)(=O)c1ccc(CC(=O)O)s1)C(C)C. The van der Waals surface area contributed by atoms with Gasteiger partial charge in [-0.25, -0.2) is 13.1 Å². The van der Waals surface area contributed by atoms with E-state index in [0.717, 1.165) is 11.3 Å². The standard InChI is InChI=1S/C13H21NO5S2/c1-4-19-8-11(9(2)3)14-21(17,18)13-6-5-10(20-13)7-12(15)16/h5-6,9,11,14H,4,7-8H2,1-3H3,(H,15,16). The number of carbonyl (C=O) groups is 1. The Morgan fingerprint density at radius 2 is 2.10 bits per heavy atom. The van der Waals surface area contributed by atoms with Gasteiger partial charge in [0.1, 0.15) is 4.21 Å². The fraction of sp³-hybridized carbons (Fsp3) is 0.615. The minimum atomic E-state index is -3.65. The number of sulfonamides is 1. The van der Waals surface area contributed by atoms with Gasteiger partial charge in [0.05, 0.1) is 13.0 Å². The van der Waals surface area contributed by atoms with Crippen molar-refractivity contribution in [3.05, 3.63) is 17.0 Å². The number of rotatable bonds is 9. The topological polar surface area (TPSA) is 92.7 Å². The van der Waals surface area contributed by atoms with Crippen molar-refractivity contribution in [1.29, 1.82) is 0 Å². The van der Waals surface area contributed by atoms with E-state index in [0.29, 0.717) is 18.1 Å². The number of carboxylic acids is 1. The maximum Gasteiger partial charge on any atom is 0.308 e. The molecule has 0 aromatic carbocycles. The van der Waals surface area contributed by atoms with Gasteiger partial charge in [0.2, 0.25) is 10.0 Å². The lowest BCUT2D eigenvalue weighted by atomic mass is 10.1. The summed E-state index contributed by atoms with van der Waals surface area (Å²) in [5.74, 6) is -0.894. The number of ether oxygens (including phenoxy) is 1. The molecule has 21 heavy (non-hydrogen) atoms. The van der Waals surface area contributed by atoms with Crippen LogP contribution < -0.4 is 4.72 Å². The minimum absolute atomic E-state index is 0.0878. The molecule has 0 aliphatic rings. The van der Waals surface area contributed by atoms with Crippen LogP contribution in [0.1, 0.15) is 25.6 Å². The third-order valence-corrected chi connectivity index (χ3v) is 5.91. The Morgan fingerprint density at radius 1 is 1.43 bits per heavy atom. The highest BCUT2D eigenvalue weighted by atomic mass is 32.2. The van der Waals surface area contributed by atoms with E-state index in [1.54, 1.807) is 0 Å². The molecule has 0 radical (unpaired) electrons. The van der Waals surface area contributed by atoms with Gasteiger partial charge in [-0.05, 0) is 25.0 Å². The zero-order valence-electron chi connectivity index (χ0n) is 12.3. The Kier molecular flexibility index (Phi) is 6.79. The Balaban J connectivity index is 2.83. The Morgan fingerprint density at radius 3 is 2.62 bits per heavy atom. The van der Waals surface area contributed by atoms with Crippen LogP contribution >= 0.6 is 11.3 Å². The van der Waals surface area contributed by atoms with E-state index in [4.69, 9.17) is 9.84 Å². The zero-order valence-corrected chi connectivity index (χ0v) is 14.0. The number of aliphatic carboxylic acids is 1. The number of carboxylic acid groups (broad SMARTS) is 1. The summed E-state index contributed by atoms with van der Waals surface area (Å²) in [7, 11) is -3.65. The minimum Gasteiger partial charge on any atom is -0.481 e. The monoisotopic (exact) mass is 335 g/mol. The number of hydrogen-bond donors (Lipinski definition) is 2. The quantitative estimate of drug-likeness (QED) is 0.717. The lowest BCUT2D eigenvalue weighted by Crippen LogP contribution is -2.41. The highest BCUT2D eigenvalue weighted by molar-refractivity contribution is 7.91. The van der Waals surface area contributed by atoms with Crippen LogP contribution in [0, 0.1) is 5.92 Å². The Hall–Kier alpha value is -0.960. The molecule has 1 aromatic rings. The Labute approximate surface area is 129 Å². The molecule has 2 N–H and O–H groups in total. The molecule has 6 nitrogen and oxygen atoms in total. The molecule has 0 bridgehead atoms. The fourth-order valence-electron chi connectivity index (χ4n) is 1.61. The van der Waals surface area contributed by atoms with Gasteiger partial charge in [0, 0.05) is 17.5 Å². The first kappa shape index (κ1) is 18.1. The second-order valence-corrected chi connectivity index (χ2v) is 8.03. The number of hydrogen-bond acceptors (Lipinski definition) is 5. The highest BCUT2D eigenvalue weighted by Crippen LogP contribution is 2.22. The van der Waals surface area contributed by atoms with E-state index in [1.807, 2.05) is 20.8 Å². The molecule has 0 aliphatic carbocycles. The molecule has 0 amide bonds. The lowest BCUT2D eigenvalue weighted by molar-refractivity contribution is -0.136. The molecule has 1 unspecified atom stereocenters. The van der Waals surface area contributed by atoms with Crippen molar-refractivity contribution in [2.75, 3.05) is 13.2 Å². The third kappa shape index (κ3) is 5.74. The van der Waals surface area contributed by atoms with E-state index in [2.05, 4.69) is 4.72 Å². The second-order valence-electron chi connectivity index (χ2n) is 4.92. The molecule has 0 fully saturated rings. The van der Waals surface area contributed by atoms with Crippen molar-refractivity contribution in [2.45, 2.75) is 37.4 Å². The summed E-state index contributed by atoms with van der Waals surface area (Å²) in [5.41, 5.74) is 0. The average molecular weight is 335 g/mol. The summed E-state index contributed by atoms with van der Waals surface area (Å²) in [5, 5.41) is 8.72. The molecule has 1 heterocycles. The van der Waals surface area contributed by atoms with E-state index in [1.165, 1.54) is 12.1 Å². The molecule has 1 atom stereocenters. The van der Waals surface area contributed by atoms with Crippen LogP contribution in [0.4, 0.5) is 0 Å². The molecule has 0 spiro atoms. The summed E-state index contributed by atoms with van der Waals surface area (Å²) in [4.78, 5) is 11.1. The molecule has 0 saturated heterocycles. The smallest absolute Gasteiger partial charge is 0.308 e. The van der Waals surface area contributed by atoms with Crippen molar-refractivity contribution in [3.8, 4) is 0 Å². The molecule has 8 heteroatoms. The molecule has 0 saturated carbocycles. The van der Waals surface area contributed by atoms with Gasteiger partial charge in [-0.1, -0.05) is 13.8 Å². The maximum absolute atomic E-state index is 12.3. The van der Waals surface area contributed by atoms with Crippen LogP contribution in [0.5, 0.6) is 0 Å². The van der Waals surface area contributed by atoms with E-state index in [-0.39, 0.29) is 22.6 Å². The molecule has 120 valence electrons. The van der Waals surface area contributed by atoms with Gasteiger partial charge in [-0.2, -0.15) is 0 Å². The van der Waals surface area contributed by atoms with E-state index >= 15 is 0 Å². The van der Waals surface area contributed by atoms with E-state index in [9.17, 15) is 13.2 Å². The van der Waals surface area contributed by atoms with Gasteiger partial charge in [0.15, 0.2) is 0 Å². The van der Waals surface area contributed by atoms with Crippen molar-refractivity contribution in [2.24, 2.45) is 5.92 Å². The summed E-state index contributed by atoms with van der Waals surface area (Å²) in [6, 6.07) is 2.64. The van der Waals surface area contributed by atoms with Crippen molar-refractivity contribution in [1.82, 2.24) is 4.72 Å². The lowest BCUT2D eigenvalue weighted by Gasteiger charge is -2.21. The number of nitrogens with one attached hydrogen (secondary N) is 1. The molecule has 0 aliphatic heterocycles.